The minimum absolute atomic E-state index is 0.298. The maximum atomic E-state index is 8.80. The summed E-state index contributed by atoms with van der Waals surface area (Å²) in [7, 11) is 2.12. The maximum absolute atomic E-state index is 8.80. The molecule has 0 spiro atoms. The monoisotopic (exact) mass is 263 g/mol. The van der Waals surface area contributed by atoms with Gasteiger partial charge in [-0.05, 0) is 44.9 Å². The predicted octanol–water partition coefficient (Wildman–Crippen LogP) is 2.34. The van der Waals surface area contributed by atoms with Crippen LogP contribution in [0.5, 0.6) is 0 Å². The molecule has 0 amide bonds. The van der Waals surface area contributed by atoms with Gasteiger partial charge in [-0.15, -0.1) is 0 Å². The summed E-state index contributed by atoms with van der Waals surface area (Å²) in [4.78, 5) is 11.2. The molecular weight excluding hydrogens is 238 g/mol. The Balaban J connectivity index is 2.02. The van der Waals surface area contributed by atoms with Gasteiger partial charge in [0.2, 0.25) is 0 Å². The molecule has 0 unspecified atom stereocenters. The van der Waals surface area contributed by atoms with Crippen molar-refractivity contribution in [1.29, 1.82) is 0 Å². The van der Waals surface area contributed by atoms with Crippen molar-refractivity contribution in [3.8, 4) is 0 Å². The van der Waals surface area contributed by atoms with E-state index in [4.69, 9.17) is 5.11 Å². The first-order chi connectivity index (χ1) is 9.33. The van der Waals surface area contributed by atoms with E-state index >= 15 is 0 Å². The Labute approximate surface area is 115 Å². The molecule has 0 atom stereocenters. The van der Waals surface area contributed by atoms with Crippen LogP contribution in [0, 0.1) is 0 Å². The third-order valence-corrected chi connectivity index (χ3v) is 3.87. The molecule has 0 saturated heterocycles. The van der Waals surface area contributed by atoms with Crippen molar-refractivity contribution in [2.45, 2.75) is 51.4 Å². The van der Waals surface area contributed by atoms with Gasteiger partial charge in [0.25, 0.3) is 0 Å². The van der Waals surface area contributed by atoms with E-state index in [0.29, 0.717) is 6.61 Å². The van der Waals surface area contributed by atoms with Gasteiger partial charge in [-0.2, -0.15) is 0 Å². The highest BCUT2D eigenvalue weighted by Gasteiger charge is 2.16. The van der Waals surface area contributed by atoms with Crippen molar-refractivity contribution in [3.05, 3.63) is 17.6 Å². The van der Waals surface area contributed by atoms with Crippen LogP contribution in [0.4, 0.5) is 5.82 Å². The summed E-state index contributed by atoms with van der Waals surface area (Å²) in [6, 6.07) is 0. The molecule has 19 heavy (non-hydrogen) atoms. The molecule has 0 saturated carbocycles. The average Bonchev–Trinajstić information content (AvgIpc) is 2.68. The van der Waals surface area contributed by atoms with Crippen LogP contribution in [0.2, 0.25) is 0 Å². The Morgan fingerprint density at radius 1 is 1.11 bits per heavy atom. The zero-order valence-corrected chi connectivity index (χ0v) is 11.9. The van der Waals surface area contributed by atoms with Gasteiger partial charge in [0.05, 0.1) is 0 Å². The van der Waals surface area contributed by atoms with E-state index in [2.05, 4.69) is 21.9 Å². The number of anilines is 1. The van der Waals surface area contributed by atoms with E-state index in [-0.39, 0.29) is 0 Å². The van der Waals surface area contributed by atoms with Crippen LogP contribution >= 0.6 is 0 Å². The number of hydrogen-bond acceptors (Lipinski definition) is 4. The number of hydrogen-bond donors (Lipinski definition) is 1. The molecule has 1 aliphatic carbocycles. The first-order valence-electron chi connectivity index (χ1n) is 7.47. The molecule has 2 rings (SSSR count). The first kappa shape index (κ1) is 14.3. The van der Waals surface area contributed by atoms with Crippen molar-refractivity contribution in [2.75, 3.05) is 25.1 Å². The van der Waals surface area contributed by atoms with Crippen LogP contribution in [0.3, 0.4) is 0 Å². The molecule has 1 aromatic heterocycles. The zero-order valence-electron chi connectivity index (χ0n) is 11.9. The first-order valence-corrected chi connectivity index (χ1v) is 7.47. The molecule has 1 heterocycles. The third kappa shape index (κ3) is 3.90. The quantitative estimate of drug-likeness (QED) is 0.632. The van der Waals surface area contributed by atoms with Crippen LogP contribution in [0.1, 0.15) is 49.8 Å². The Bertz CT molecular complexity index is 395. The average molecular weight is 263 g/mol. The fraction of sp³-hybridized carbons (Fsp3) is 0.733. The lowest BCUT2D eigenvalue weighted by molar-refractivity contribution is 0.283. The molecule has 0 fully saturated rings. The zero-order chi connectivity index (χ0) is 13.5. The molecule has 1 aliphatic rings. The molecular formula is C15H25N3O. The number of rotatable bonds is 6. The van der Waals surface area contributed by atoms with E-state index in [1.54, 1.807) is 6.33 Å². The fourth-order valence-electron chi connectivity index (χ4n) is 2.75. The number of fused-ring (bicyclic) bond motifs is 1. The summed E-state index contributed by atoms with van der Waals surface area (Å²) >= 11 is 0. The van der Waals surface area contributed by atoms with Gasteiger partial charge in [-0.1, -0.05) is 6.42 Å². The Kier molecular flexibility index (Phi) is 5.58. The van der Waals surface area contributed by atoms with E-state index < -0.39 is 0 Å². The van der Waals surface area contributed by atoms with E-state index in [1.165, 1.54) is 30.5 Å². The normalized spacial score (nSPS) is 14.8. The summed E-state index contributed by atoms with van der Waals surface area (Å²) in [5, 5.41) is 8.80. The van der Waals surface area contributed by atoms with Crippen LogP contribution < -0.4 is 4.90 Å². The second kappa shape index (κ2) is 7.43. The van der Waals surface area contributed by atoms with Crippen LogP contribution in [0.15, 0.2) is 6.33 Å². The van der Waals surface area contributed by atoms with Gasteiger partial charge in [-0.25, -0.2) is 9.97 Å². The number of unbranched alkanes of at least 4 members (excludes halogenated alkanes) is 2. The molecule has 0 radical (unpaired) electrons. The SMILES string of the molecule is CN(CCCCCO)c1ncnc2c1CCCCC2. The summed E-state index contributed by atoms with van der Waals surface area (Å²) in [6.07, 6.45) is 10.8. The third-order valence-electron chi connectivity index (χ3n) is 3.87. The van der Waals surface area contributed by atoms with Crippen molar-refractivity contribution in [1.82, 2.24) is 9.97 Å². The number of aryl methyl sites for hydroxylation is 1. The highest BCUT2D eigenvalue weighted by molar-refractivity contribution is 5.48. The smallest absolute Gasteiger partial charge is 0.135 e. The van der Waals surface area contributed by atoms with Gasteiger partial charge in [0, 0.05) is 31.5 Å². The molecule has 0 bridgehead atoms. The van der Waals surface area contributed by atoms with E-state index in [0.717, 1.165) is 44.5 Å². The summed E-state index contributed by atoms with van der Waals surface area (Å²) < 4.78 is 0. The summed E-state index contributed by atoms with van der Waals surface area (Å²) in [5.41, 5.74) is 2.62. The lowest BCUT2D eigenvalue weighted by Gasteiger charge is -2.21. The van der Waals surface area contributed by atoms with Gasteiger partial charge in [-0.3, -0.25) is 0 Å². The van der Waals surface area contributed by atoms with Gasteiger partial charge < -0.3 is 10.0 Å². The number of aliphatic hydroxyl groups is 1. The van der Waals surface area contributed by atoms with Gasteiger partial charge in [0.15, 0.2) is 0 Å². The standard InChI is InChI=1S/C15H25N3O/c1-18(10-6-3-7-11-19)15-13-8-4-2-5-9-14(13)16-12-17-15/h12,19H,2-11H2,1H3. The molecule has 0 aliphatic heterocycles. The van der Waals surface area contributed by atoms with Crippen molar-refractivity contribution >= 4 is 5.82 Å². The Morgan fingerprint density at radius 2 is 1.95 bits per heavy atom. The number of aliphatic hydroxyl groups excluding tert-OH is 1. The predicted molar refractivity (Wildman–Crippen MR) is 77.5 cm³/mol. The van der Waals surface area contributed by atoms with Crippen LogP contribution in [-0.4, -0.2) is 35.3 Å². The lowest BCUT2D eigenvalue weighted by atomic mass is 10.1. The number of aromatic nitrogens is 2. The molecule has 106 valence electrons. The highest BCUT2D eigenvalue weighted by Crippen LogP contribution is 2.25. The second-order valence-corrected chi connectivity index (χ2v) is 5.39. The molecule has 1 aromatic rings. The van der Waals surface area contributed by atoms with Gasteiger partial charge >= 0.3 is 0 Å². The van der Waals surface area contributed by atoms with E-state index in [1.807, 2.05) is 0 Å². The highest BCUT2D eigenvalue weighted by atomic mass is 16.2. The lowest BCUT2D eigenvalue weighted by Crippen LogP contribution is -2.22. The Morgan fingerprint density at radius 3 is 2.79 bits per heavy atom. The topological polar surface area (TPSA) is 49.2 Å². The Hall–Kier alpha value is -1.16. The number of nitrogens with zero attached hydrogens (tertiary/aromatic N) is 3. The molecule has 1 N–H and O–H groups in total. The van der Waals surface area contributed by atoms with Gasteiger partial charge in [0.1, 0.15) is 12.1 Å². The largest absolute Gasteiger partial charge is 0.396 e. The van der Waals surface area contributed by atoms with E-state index in [9.17, 15) is 0 Å². The molecule has 0 aromatic carbocycles. The van der Waals surface area contributed by atoms with Crippen molar-refractivity contribution in [3.63, 3.8) is 0 Å². The maximum Gasteiger partial charge on any atom is 0.135 e. The minimum Gasteiger partial charge on any atom is -0.396 e. The fourth-order valence-corrected chi connectivity index (χ4v) is 2.75. The van der Waals surface area contributed by atoms with Crippen molar-refractivity contribution in [2.24, 2.45) is 0 Å². The summed E-state index contributed by atoms with van der Waals surface area (Å²) in [5.74, 6) is 1.12. The second-order valence-electron chi connectivity index (χ2n) is 5.39. The molecule has 4 nitrogen and oxygen atoms in total. The van der Waals surface area contributed by atoms with Crippen LogP contribution in [0.25, 0.3) is 0 Å². The summed E-state index contributed by atoms with van der Waals surface area (Å²) in [6.45, 7) is 1.30. The molecule has 4 heteroatoms. The minimum atomic E-state index is 0.298. The van der Waals surface area contributed by atoms with Crippen LogP contribution in [-0.2, 0) is 12.8 Å². The van der Waals surface area contributed by atoms with Crippen molar-refractivity contribution < 1.29 is 5.11 Å².